The lowest BCUT2D eigenvalue weighted by atomic mass is 10.2. The van der Waals surface area contributed by atoms with Crippen molar-refractivity contribution in [1.82, 2.24) is 0 Å². The van der Waals surface area contributed by atoms with E-state index in [2.05, 4.69) is 15.9 Å². The third kappa shape index (κ3) is 3.19. The molecule has 0 aliphatic heterocycles. The molecule has 106 valence electrons. The third-order valence-corrected chi connectivity index (χ3v) is 5.22. The summed E-state index contributed by atoms with van der Waals surface area (Å²) in [6.45, 7) is 1.66. The van der Waals surface area contributed by atoms with Crippen molar-refractivity contribution in [3.05, 3.63) is 57.8 Å². The first-order valence-corrected chi connectivity index (χ1v) is 8.27. The first-order chi connectivity index (χ1) is 9.29. The molecule has 0 amide bonds. The van der Waals surface area contributed by atoms with E-state index in [1.165, 1.54) is 18.2 Å². The summed E-state index contributed by atoms with van der Waals surface area (Å²) < 4.78 is 38.6. The molecule has 0 unspecified atom stereocenters. The number of benzene rings is 2. The molecule has 0 atom stereocenters. The van der Waals surface area contributed by atoms with Crippen molar-refractivity contribution in [1.29, 1.82) is 0 Å². The highest BCUT2D eigenvalue weighted by atomic mass is 79.9. The van der Waals surface area contributed by atoms with Crippen LogP contribution in [0.1, 0.15) is 11.1 Å². The molecule has 0 aromatic heterocycles. The third-order valence-electron chi connectivity index (χ3n) is 2.94. The summed E-state index contributed by atoms with van der Waals surface area (Å²) in [5.41, 5.74) is 7.05. The molecule has 0 saturated heterocycles. The van der Waals surface area contributed by atoms with Gasteiger partial charge in [0.05, 0.1) is 10.6 Å². The Morgan fingerprint density at radius 1 is 1.25 bits per heavy atom. The van der Waals surface area contributed by atoms with Gasteiger partial charge in [-0.3, -0.25) is 0 Å². The highest BCUT2D eigenvalue weighted by Crippen LogP contribution is 2.25. The molecule has 0 bridgehead atoms. The number of sulfone groups is 1. The number of halogens is 2. The summed E-state index contributed by atoms with van der Waals surface area (Å²) in [6, 6.07) is 8.83. The Morgan fingerprint density at radius 3 is 2.60 bits per heavy atom. The van der Waals surface area contributed by atoms with Crippen molar-refractivity contribution in [3.63, 3.8) is 0 Å². The minimum absolute atomic E-state index is 0.179. The SMILES string of the molecule is Cc1c(N)cccc1S(=O)(=O)Cc1cc(F)cc(Br)c1. The maximum absolute atomic E-state index is 13.3. The van der Waals surface area contributed by atoms with E-state index >= 15 is 0 Å². The Bertz CT molecular complexity index is 740. The van der Waals surface area contributed by atoms with E-state index in [0.717, 1.165) is 0 Å². The van der Waals surface area contributed by atoms with Crippen LogP contribution in [0.2, 0.25) is 0 Å². The highest BCUT2D eigenvalue weighted by Gasteiger charge is 2.19. The van der Waals surface area contributed by atoms with Crippen LogP contribution in [0.5, 0.6) is 0 Å². The molecule has 20 heavy (non-hydrogen) atoms. The molecular formula is C14H13BrFNO2S. The molecule has 2 rings (SSSR count). The van der Waals surface area contributed by atoms with Gasteiger partial charge < -0.3 is 5.73 Å². The molecule has 0 fully saturated rings. The zero-order valence-electron chi connectivity index (χ0n) is 10.7. The van der Waals surface area contributed by atoms with Crippen LogP contribution in [0.15, 0.2) is 45.8 Å². The lowest BCUT2D eigenvalue weighted by Crippen LogP contribution is -2.08. The second-order valence-corrected chi connectivity index (χ2v) is 7.38. The van der Waals surface area contributed by atoms with Gasteiger partial charge in [0.1, 0.15) is 5.82 Å². The molecule has 0 spiro atoms. The van der Waals surface area contributed by atoms with E-state index in [9.17, 15) is 12.8 Å². The van der Waals surface area contributed by atoms with Crippen LogP contribution in [-0.4, -0.2) is 8.42 Å². The molecule has 2 N–H and O–H groups in total. The number of hydrogen-bond donors (Lipinski definition) is 1. The van der Waals surface area contributed by atoms with E-state index in [1.54, 1.807) is 25.1 Å². The number of nitrogen functional groups attached to an aromatic ring is 1. The van der Waals surface area contributed by atoms with Crippen molar-refractivity contribution in [2.45, 2.75) is 17.6 Å². The van der Waals surface area contributed by atoms with E-state index in [1.807, 2.05) is 0 Å². The Labute approximate surface area is 125 Å². The van der Waals surface area contributed by atoms with Gasteiger partial charge in [0.2, 0.25) is 0 Å². The van der Waals surface area contributed by atoms with E-state index in [0.29, 0.717) is 21.3 Å². The summed E-state index contributed by atoms with van der Waals surface area (Å²) in [5, 5.41) is 0. The molecule has 0 saturated carbocycles. The second-order valence-electron chi connectivity index (χ2n) is 4.51. The molecule has 0 radical (unpaired) electrons. The lowest BCUT2D eigenvalue weighted by molar-refractivity contribution is 0.594. The minimum atomic E-state index is -3.57. The van der Waals surface area contributed by atoms with Crippen molar-refractivity contribution in [3.8, 4) is 0 Å². The Morgan fingerprint density at radius 2 is 1.95 bits per heavy atom. The van der Waals surface area contributed by atoms with E-state index in [-0.39, 0.29) is 10.6 Å². The largest absolute Gasteiger partial charge is 0.398 e. The molecular weight excluding hydrogens is 345 g/mol. The Kier molecular flexibility index (Phi) is 4.15. The van der Waals surface area contributed by atoms with E-state index < -0.39 is 15.7 Å². The van der Waals surface area contributed by atoms with Gasteiger partial charge in [-0.15, -0.1) is 0 Å². The van der Waals surface area contributed by atoms with Crippen LogP contribution in [-0.2, 0) is 15.6 Å². The monoisotopic (exact) mass is 357 g/mol. The maximum atomic E-state index is 13.3. The fourth-order valence-corrected chi connectivity index (χ4v) is 4.10. The molecule has 0 heterocycles. The molecule has 0 aliphatic rings. The van der Waals surface area contributed by atoms with Gasteiger partial charge in [0.15, 0.2) is 9.84 Å². The van der Waals surface area contributed by atoms with Crippen LogP contribution in [0.4, 0.5) is 10.1 Å². The molecule has 0 aliphatic carbocycles. The quantitative estimate of drug-likeness (QED) is 0.855. The fraction of sp³-hybridized carbons (Fsp3) is 0.143. The molecule has 6 heteroatoms. The van der Waals surface area contributed by atoms with Crippen molar-refractivity contribution < 1.29 is 12.8 Å². The average Bonchev–Trinajstić information content (AvgIpc) is 2.30. The van der Waals surface area contributed by atoms with Gasteiger partial charge in [-0.1, -0.05) is 22.0 Å². The van der Waals surface area contributed by atoms with Gasteiger partial charge in [0.25, 0.3) is 0 Å². The number of nitrogens with two attached hydrogens (primary N) is 1. The number of anilines is 1. The van der Waals surface area contributed by atoms with Crippen molar-refractivity contribution in [2.75, 3.05) is 5.73 Å². The zero-order valence-corrected chi connectivity index (χ0v) is 13.1. The van der Waals surface area contributed by atoms with Crippen LogP contribution in [0, 0.1) is 12.7 Å². The van der Waals surface area contributed by atoms with Gasteiger partial charge in [-0.05, 0) is 48.4 Å². The topological polar surface area (TPSA) is 60.2 Å². The van der Waals surface area contributed by atoms with Crippen molar-refractivity contribution >= 4 is 31.5 Å². The predicted molar refractivity (Wildman–Crippen MR) is 80.6 cm³/mol. The number of hydrogen-bond acceptors (Lipinski definition) is 3. The molecule has 2 aromatic carbocycles. The average molecular weight is 358 g/mol. The second kappa shape index (κ2) is 5.54. The van der Waals surface area contributed by atoms with Gasteiger partial charge in [-0.25, -0.2) is 12.8 Å². The lowest BCUT2D eigenvalue weighted by Gasteiger charge is -2.10. The van der Waals surface area contributed by atoms with Crippen LogP contribution in [0.25, 0.3) is 0 Å². The summed E-state index contributed by atoms with van der Waals surface area (Å²) in [4.78, 5) is 0.179. The van der Waals surface area contributed by atoms with Crippen molar-refractivity contribution in [2.24, 2.45) is 0 Å². The highest BCUT2D eigenvalue weighted by molar-refractivity contribution is 9.10. The fourth-order valence-electron chi connectivity index (χ4n) is 1.96. The first-order valence-electron chi connectivity index (χ1n) is 5.82. The predicted octanol–water partition coefficient (Wildman–Crippen LogP) is 3.45. The van der Waals surface area contributed by atoms with E-state index in [4.69, 9.17) is 5.73 Å². The maximum Gasteiger partial charge on any atom is 0.182 e. The molecule has 2 aromatic rings. The summed E-state index contributed by atoms with van der Waals surface area (Å²) in [7, 11) is -3.57. The number of rotatable bonds is 3. The van der Waals surface area contributed by atoms with Crippen LogP contribution < -0.4 is 5.73 Å². The smallest absolute Gasteiger partial charge is 0.182 e. The van der Waals surface area contributed by atoms with Gasteiger partial charge >= 0.3 is 0 Å². The first kappa shape index (κ1) is 15.0. The van der Waals surface area contributed by atoms with Gasteiger partial charge in [0, 0.05) is 10.2 Å². The zero-order chi connectivity index (χ0) is 14.9. The Balaban J connectivity index is 2.43. The summed E-state index contributed by atoms with van der Waals surface area (Å²) in [6.07, 6.45) is 0. The standard InChI is InChI=1S/C14H13BrFNO2S/c1-9-13(17)3-2-4-14(9)20(18,19)8-10-5-11(15)7-12(16)6-10/h2-7H,8,17H2,1H3. The Hall–Kier alpha value is -1.40. The van der Waals surface area contributed by atoms with Crippen LogP contribution >= 0.6 is 15.9 Å². The van der Waals surface area contributed by atoms with Gasteiger partial charge in [-0.2, -0.15) is 0 Å². The molecule has 3 nitrogen and oxygen atoms in total. The summed E-state index contributed by atoms with van der Waals surface area (Å²) >= 11 is 3.15. The van der Waals surface area contributed by atoms with Crippen LogP contribution in [0.3, 0.4) is 0 Å². The normalized spacial score (nSPS) is 11.6. The summed E-state index contributed by atoms with van der Waals surface area (Å²) in [5.74, 6) is -0.748. The minimum Gasteiger partial charge on any atom is -0.398 e.